The van der Waals surface area contributed by atoms with Crippen molar-refractivity contribution in [3.05, 3.63) is 63.8 Å². The van der Waals surface area contributed by atoms with E-state index in [4.69, 9.17) is 6.57 Å². The van der Waals surface area contributed by atoms with Crippen molar-refractivity contribution in [3.63, 3.8) is 0 Å². The Morgan fingerprint density at radius 2 is 1.22 bits per heavy atom. The van der Waals surface area contributed by atoms with Gasteiger partial charge in [-0.3, -0.25) is 0 Å². The zero-order valence-corrected chi connectivity index (χ0v) is 25.2. The van der Waals surface area contributed by atoms with Crippen LogP contribution in [-0.4, -0.2) is 69.2 Å². The highest BCUT2D eigenvalue weighted by Crippen LogP contribution is 2.36. The van der Waals surface area contributed by atoms with E-state index in [-0.39, 0.29) is 34.5 Å². The number of aryl methyl sites for hydroxylation is 6. The number of rotatable bonds is 6. The number of fused-ring (bicyclic) bond motifs is 2. The van der Waals surface area contributed by atoms with Crippen LogP contribution >= 0.6 is 0 Å². The van der Waals surface area contributed by atoms with Crippen LogP contribution in [0.25, 0.3) is 27.8 Å². The Balaban J connectivity index is 1.32. The molecule has 7 heterocycles. The van der Waals surface area contributed by atoms with Gasteiger partial charge in [-0.2, -0.15) is 30.3 Å². The van der Waals surface area contributed by atoms with Crippen molar-refractivity contribution in [3.8, 4) is 17.7 Å². The number of nitriles is 1. The molecule has 2 N–H and O–H groups in total. The smallest absolute Gasteiger partial charge is 0.255 e. The van der Waals surface area contributed by atoms with Crippen LogP contribution in [0, 0.1) is 59.4 Å². The first kappa shape index (κ1) is 27.8. The van der Waals surface area contributed by atoms with Crippen molar-refractivity contribution in [1.82, 2.24) is 69.2 Å². The van der Waals surface area contributed by atoms with E-state index in [0.29, 0.717) is 57.1 Å². The summed E-state index contributed by atoms with van der Waals surface area (Å²) in [7, 11) is 0. The van der Waals surface area contributed by atoms with Crippen molar-refractivity contribution in [1.29, 1.82) is 5.26 Å². The monoisotopic (exact) mass is 614 g/mol. The zero-order valence-electron chi connectivity index (χ0n) is 25.2. The highest BCUT2D eigenvalue weighted by molar-refractivity contribution is 5.70. The predicted octanol–water partition coefficient (Wildman–Crippen LogP) is 4.69. The molecule has 0 radical (unpaired) electrons. The van der Waals surface area contributed by atoms with Crippen molar-refractivity contribution >= 4 is 40.0 Å². The molecule has 0 aliphatic carbocycles. The van der Waals surface area contributed by atoms with Crippen LogP contribution in [-0.2, 0) is 0 Å². The van der Waals surface area contributed by atoms with Gasteiger partial charge in [0.1, 0.15) is 29.6 Å². The zero-order chi connectivity index (χ0) is 32.3. The Kier molecular flexibility index (Phi) is 6.26. The van der Waals surface area contributed by atoms with Crippen molar-refractivity contribution in [2.24, 2.45) is 20.5 Å². The second-order valence-electron chi connectivity index (χ2n) is 10.2. The third kappa shape index (κ3) is 4.36. The molecule has 46 heavy (non-hydrogen) atoms. The molecule has 0 saturated heterocycles. The van der Waals surface area contributed by atoms with Gasteiger partial charge in [0.25, 0.3) is 5.69 Å². The van der Waals surface area contributed by atoms with Gasteiger partial charge in [0.2, 0.25) is 0 Å². The Bertz CT molecular complexity index is 2300. The first-order valence-electron chi connectivity index (χ1n) is 13.6. The van der Waals surface area contributed by atoms with Crippen LogP contribution < -0.4 is 0 Å². The lowest BCUT2D eigenvalue weighted by Crippen LogP contribution is -2.05. The molecule has 20 nitrogen and oxygen atoms in total. The third-order valence-corrected chi connectivity index (χ3v) is 6.94. The predicted molar refractivity (Wildman–Crippen MR) is 159 cm³/mol. The summed E-state index contributed by atoms with van der Waals surface area (Å²) in [5, 5.41) is 53.9. The average Bonchev–Trinajstić information content (AvgIpc) is 3.83. The number of H-pyrrole nitrogens is 2. The van der Waals surface area contributed by atoms with Gasteiger partial charge in [-0.1, -0.05) is 0 Å². The van der Waals surface area contributed by atoms with Gasteiger partial charge in [-0.25, -0.2) is 19.5 Å². The highest BCUT2D eigenvalue weighted by Gasteiger charge is 2.22. The standard InChI is InChI=1S/C26H22N20/c1-11-17(9-27)23(35-33-21-13(3)39-45-24(21)31-15(5)41-45)43(37-11)18-8-19(30-10-29-18)44-26(20(28-7)12(2)38-44)36-34-22-14(4)40-46-25(22)32-16(6)42-46/h8,10H,1-6H3,(H,31,41)(H,32,42)/b35-33+,36-34+. The number of hydrogen-bond donors (Lipinski definition) is 2. The molecule has 0 atom stereocenters. The van der Waals surface area contributed by atoms with Gasteiger partial charge in [-0.15, -0.1) is 39.9 Å². The van der Waals surface area contributed by atoms with Crippen molar-refractivity contribution in [2.45, 2.75) is 41.5 Å². The number of nitrogens with zero attached hydrogens (tertiary/aromatic N) is 18. The van der Waals surface area contributed by atoms with Crippen LogP contribution in [0.4, 0.5) is 28.7 Å². The summed E-state index contributed by atoms with van der Waals surface area (Å²) in [4.78, 5) is 18.6. The van der Waals surface area contributed by atoms with Gasteiger partial charge in [0, 0.05) is 6.07 Å². The van der Waals surface area contributed by atoms with E-state index in [1.54, 1.807) is 47.6 Å². The summed E-state index contributed by atoms with van der Waals surface area (Å²) in [6.07, 6.45) is 1.31. The quantitative estimate of drug-likeness (QED) is 0.195. The normalized spacial score (nSPS) is 11.9. The molecule has 20 heteroatoms. The second-order valence-corrected chi connectivity index (χ2v) is 10.2. The summed E-state index contributed by atoms with van der Waals surface area (Å²) in [6, 6.07) is 3.73. The van der Waals surface area contributed by atoms with E-state index >= 15 is 0 Å². The maximum atomic E-state index is 9.95. The summed E-state index contributed by atoms with van der Waals surface area (Å²) in [5.74, 6) is 2.15. The van der Waals surface area contributed by atoms with E-state index < -0.39 is 0 Å². The summed E-state index contributed by atoms with van der Waals surface area (Å²) in [5.41, 5.74) is 4.48. The average molecular weight is 615 g/mol. The van der Waals surface area contributed by atoms with Crippen LogP contribution in [0.2, 0.25) is 0 Å². The van der Waals surface area contributed by atoms with Crippen LogP contribution in [0.1, 0.15) is 40.0 Å². The first-order valence-corrected chi connectivity index (χ1v) is 13.6. The fourth-order valence-corrected chi connectivity index (χ4v) is 4.84. The lowest BCUT2D eigenvalue weighted by Gasteiger charge is -2.07. The third-order valence-electron chi connectivity index (χ3n) is 6.94. The Labute approximate surface area is 258 Å². The fraction of sp³-hybridized carbons (Fsp3) is 0.231. The van der Waals surface area contributed by atoms with E-state index in [1.807, 2.05) is 0 Å². The molecule has 0 amide bonds. The molecule has 226 valence electrons. The molecule has 0 bridgehead atoms. The molecular weight excluding hydrogens is 592 g/mol. The van der Waals surface area contributed by atoms with Gasteiger partial charge in [0.05, 0.1) is 29.3 Å². The molecule has 7 aromatic heterocycles. The molecule has 7 aromatic rings. The number of nitrogens with one attached hydrogen (secondary N) is 2. The topological polar surface area (TPSA) is 231 Å². The SMILES string of the molecule is [C-]#[N+]c1c(C)nn(-c2cc(-n3nc(C)c(C#N)c3/N=N/c3c(C)nn4nc(C)[nH]c34)ncn2)c1/N=N/c1c(C)nn2nc(C)[nH]c12. The molecule has 0 saturated carbocycles. The van der Waals surface area contributed by atoms with E-state index in [0.717, 1.165) is 0 Å². The molecule has 0 aromatic carbocycles. The molecule has 0 aliphatic rings. The number of azo groups is 2. The molecule has 7 rings (SSSR count). The van der Waals surface area contributed by atoms with Gasteiger partial charge < -0.3 is 9.97 Å². The minimum absolute atomic E-state index is 0.147. The second kappa shape index (κ2) is 10.3. The van der Waals surface area contributed by atoms with Gasteiger partial charge >= 0.3 is 0 Å². The lowest BCUT2D eigenvalue weighted by atomic mass is 10.3. The minimum atomic E-state index is 0.147. The molecule has 0 spiro atoms. The Morgan fingerprint density at radius 3 is 1.76 bits per heavy atom. The van der Waals surface area contributed by atoms with Crippen LogP contribution in [0.15, 0.2) is 32.9 Å². The van der Waals surface area contributed by atoms with Gasteiger partial charge in [-0.05, 0) is 41.5 Å². The van der Waals surface area contributed by atoms with Gasteiger partial charge in [0.15, 0.2) is 45.9 Å². The molecule has 0 unspecified atom stereocenters. The lowest BCUT2D eigenvalue weighted by molar-refractivity contribution is 0.788. The highest BCUT2D eigenvalue weighted by atomic mass is 15.5. The Hall–Kier alpha value is -6.96. The Morgan fingerprint density at radius 1 is 0.696 bits per heavy atom. The fourth-order valence-electron chi connectivity index (χ4n) is 4.84. The number of aromatic nitrogens is 14. The molecule has 0 aliphatic heterocycles. The largest absolute Gasteiger partial charge is 0.324 e. The summed E-state index contributed by atoms with van der Waals surface area (Å²) in [6.45, 7) is 18.3. The first-order chi connectivity index (χ1) is 22.2. The maximum absolute atomic E-state index is 9.95. The van der Waals surface area contributed by atoms with E-state index in [9.17, 15) is 5.26 Å². The molecule has 0 fully saturated rings. The summed E-state index contributed by atoms with van der Waals surface area (Å²) >= 11 is 0. The number of aromatic amines is 2. The summed E-state index contributed by atoms with van der Waals surface area (Å²) < 4.78 is 5.66. The van der Waals surface area contributed by atoms with E-state index in [2.05, 4.69) is 81.9 Å². The van der Waals surface area contributed by atoms with Crippen molar-refractivity contribution in [2.75, 3.05) is 0 Å². The minimum Gasteiger partial charge on any atom is -0.324 e. The van der Waals surface area contributed by atoms with Crippen molar-refractivity contribution < 1.29 is 0 Å². The van der Waals surface area contributed by atoms with Crippen LogP contribution in [0.5, 0.6) is 0 Å². The van der Waals surface area contributed by atoms with Crippen LogP contribution in [0.3, 0.4) is 0 Å². The maximum Gasteiger partial charge on any atom is 0.255 e. The number of hydrogen-bond acceptors (Lipinski definition) is 13. The van der Waals surface area contributed by atoms with E-state index in [1.165, 1.54) is 25.0 Å². The molecular formula is C26H22N20.